The number of nitrogens with one attached hydrogen (secondary N) is 1. The number of halogens is 1. The Morgan fingerprint density at radius 2 is 2.00 bits per heavy atom. The molecule has 1 atom stereocenters. The predicted molar refractivity (Wildman–Crippen MR) is 74.2 cm³/mol. The molecule has 1 fully saturated rings. The van der Waals surface area contributed by atoms with Gasteiger partial charge in [0.25, 0.3) is 0 Å². The molecule has 1 aliphatic rings. The van der Waals surface area contributed by atoms with Gasteiger partial charge in [-0.15, -0.1) is 0 Å². The van der Waals surface area contributed by atoms with Gasteiger partial charge in [0.2, 0.25) is 0 Å². The standard InChI is InChI=1S/C16H24FN/c1-11(2)12(3)10-18-16-8-14(9-16)13-5-4-6-15(17)7-13/h4-7,11-12,14,16,18H,8-10H2,1-3H3. The molecule has 1 N–H and O–H groups in total. The first-order valence-electron chi connectivity index (χ1n) is 7.05. The van der Waals surface area contributed by atoms with Crippen molar-refractivity contribution in [1.82, 2.24) is 5.32 Å². The SMILES string of the molecule is CC(C)C(C)CNC1CC(c2cccc(F)c2)C1. The van der Waals surface area contributed by atoms with Crippen LogP contribution in [0.2, 0.25) is 0 Å². The average molecular weight is 249 g/mol. The van der Waals surface area contributed by atoms with E-state index in [2.05, 4.69) is 26.1 Å². The normalized spacial score (nSPS) is 24.9. The second kappa shape index (κ2) is 5.83. The van der Waals surface area contributed by atoms with Gasteiger partial charge in [0, 0.05) is 6.04 Å². The maximum Gasteiger partial charge on any atom is 0.123 e. The second-order valence-electron chi connectivity index (χ2n) is 6.05. The van der Waals surface area contributed by atoms with E-state index in [1.165, 1.54) is 6.07 Å². The Kier molecular flexibility index (Phi) is 4.39. The molecule has 0 saturated heterocycles. The third-order valence-electron chi connectivity index (χ3n) is 4.32. The van der Waals surface area contributed by atoms with E-state index in [9.17, 15) is 4.39 Å². The van der Waals surface area contributed by atoms with E-state index < -0.39 is 0 Å². The van der Waals surface area contributed by atoms with E-state index >= 15 is 0 Å². The highest BCUT2D eigenvalue weighted by atomic mass is 19.1. The van der Waals surface area contributed by atoms with Crippen LogP contribution in [0.3, 0.4) is 0 Å². The third kappa shape index (κ3) is 3.32. The highest BCUT2D eigenvalue weighted by Crippen LogP contribution is 2.37. The third-order valence-corrected chi connectivity index (χ3v) is 4.32. The molecular weight excluding hydrogens is 225 g/mol. The van der Waals surface area contributed by atoms with Crippen LogP contribution in [0.1, 0.15) is 45.1 Å². The van der Waals surface area contributed by atoms with Crippen LogP contribution in [0.25, 0.3) is 0 Å². The minimum Gasteiger partial charge on any atom is -0.314 e. The fourth-order valence-corrected chi connectivity index (χ4v) is 2.41. The molecular formula is C16H24FN. The number of rotatable bonds is 5. The molecule has 18 heavy (non-hydrogen) atoms. The largest absolute Gasteiger partial charge is 0.314 e. The lowest BCUT2D eigenvalue weighted by Crippen LogP contribution is -2.42. The van der Waals surface area contributed by atoms with Crippen LogP contribution in [0.5, 0.6) is 0 Å². The first-order valence-corrected chi connectivity index (χ1v) is 7.05. The Morgan fingerprint density at radius 1 is 1.28 bits per heavy atom. The zero-order valence-electron chi connectivity index (χ0n) is 11.6. The van der Waals surface area contributed by atoms with E-state index in [1.54, 1.807) is 6.07 Å². The maximum atomic E-state index is 13.1. The van der Waals surface area contributed by atoms with Crippen LogP contribution >= 0.6 is 0 Å². The fourth-order valence-electron chi connectivity index (χ4n) is 2.41. The van der Waals surface area contributed by atoms with E-state index in [1.807, 2.05) is 12.1 Å². The first kappa shape index (κ1) is 13.5. The Bertz CT molecular complexity index is 382. The van der Waals surface area contributed by atoms with Crippen molar-refractivity contribution in [3.63, 3.8) is 0 Å². The van der Waals surface area contributed by atoms with Crippen molar-refractivity contribution in [3.8, 4) is 0 Å². The van der Waals surface area contributed by atoms with Crippen molar-refractivity contribution >= 4 is 0 Å². The van der Waals surface area contributed by atoms with Crippen LogP contribution in [0.15, 0.2) is 24.3 Å². The summed E-state index contributed by atoms with van der Waals surface area (Å²) < 4.78 is 13.1. The van der Waals surface area contributed by atoms with Crippen LogP contribution < -0.4 is 5.32 Å². The van der Waals surface area contributed by atoms with Crippen molar-refractivity contribution in [1.29, 1.82) is 0 Å². The molecule has 1 saturated carbocycles. The van der Waals surface area contributed by atoms with Crippen LogP contribution in [-0.4, -0.2) is 12.6 Å². The molecule has 0 aliphatic heterocycles. The monoisotopic (exact) mass is 249 g/mol. The first-order chi connectivity index (χ1) is 8.56. The lowest BCUT2D eigenvalue weighted by atomic mass is 9.75. The smallest absolute Gasteiger partial charge is 0.123 e. The predicted octanol–water partition coefficient (Wildman–Crippen LogP) is 3.95. The molecule has 0 aromatic heterocycles. The summed E-state index contributed by atoms with van der Waals surface area (Å²) in [6.45, 7) is 7.92. The summed E-state index contributed by atoms with van der Waals surface area (Å²) in [5.74, 6) is 1.89. The molecule has 1 aromatic carbocycles. The maximum absolute atomic E-state index is 13.1. The van der Waals surface area contributed by atoms with Gasteiger partial charge in [-0.05, 0) is 54.8 Å². The van der Waals surface area contributed by atoms with Gasteiger partial charge in [-0.1, -0.05) is 32.9 Å². The highest BCUT2D eigenvalue weighted by Gasteiger charge is 2.30. The van der Waals surface area contributed by atoms with Gasteiger partial charge in [0.05, 0.1) is 0 Å². The highest BCUT2D eigenvalue weighted by molar-refractivity contribution is 5.23. The van der Waals surface area contributed by atoms with Gasteiger partial charge in [0.15, 0.2) is 0 Å². The summed E-state index contributed by atoms with van der Waals surface area (Å²) in [5, 5.41) is 3.62. The molecule has 0 radical (unpaired) electrons. The van der Waals surface area contributed by atoms with Crippen molar-refractivity contribution in [2.24, 2.45) is 11.8 Å². The Balaban J connectivity index is 1.74. The minimum absolute atomic E-state index is 0.114. The van der Waals surface area contributed by atoms with E-state index in [-0.39, 0.29) is 5.82 Å². The van der Waals surface area contributed by atoms with Gasteiger partial charge >= 0.3 is 0 Å². The summed E-state index contributed by atoms with van der Waals surface area (Å²) in [6, 6.07) is 7.67. The Labute approximate surface area is 110 Å². The molecule has 0 bridgehead atoms. The molecule has 0 spiro atoms. The summed E-state index contributed by atoms with van der Waals surface area (Å²) in [5.41, 5.74) is 1.16. The summed E-state index contributed by atoms with van der Waals surface area (Å²) in [4.78, 5) is 0. The molecule has 1 aliphatic carbocycles. The van der Waals surface area contributed by atoms with Gasteiger partial charge in [-0.2, -0.15) is 0 Å². The fraction of sp³-hybridized carbons (Fsp3) is 0.625. The van der Waals surface area contributed by atoms with E-state index in [0.717, 1.165) is 36.8 Å². The van der Waals surface area contributed by atoms with Crippen molar-refractivity contribution < 1.29 is 4.39 Å². The average Bonchev–Trinajstić information content (AvgIpc) is 2.26. The summed E-state index contributed by atoms with van der Waals surface area (Å²) in [6.07, 6.45) is 2.29. The number of hydrogen-bond acceptors (Lipinski definition) is 1. The quantitative estimate of drug-likeness (QED) is 0.833. The van der Waals surface area contributed by atoms with Crippen LogP contribution in [0, 0.1) is 17.7 Å². The zero-order valence-corrected chi connectivity index (χ0v) is 11.6. The van der Waals surface area contributed by atoms with Crippen LogP contribution in [-0.2, 0) is 0 Å². The molecule has 1 nitrogen and oxygen atoms in total. The number of benzene rings is 1. The molecule has 1 aromatic rings. The molecule has 0 amide bonds. The van der Waals surface area contributed by atoms with Crippen molar-refractivity contribution in [2.45, 2.75) is 45.6 Å². The molecule has 0 heterocycles. The van der Waals surface area contributed by atoms with E-state index in [0.29, 0.717) is 12.0 Å². The minimum atomic E-state index is -0.114. The summed E-state index contributed by atoms with van der Waals surface area (Å²) >= 11 is 0. The molecule has 2 rings (SSSR count). The Morgan fingerprint density at radius 3 is 2.61 bits per heavy atom. The lowest BCUT2D eigenvalue weighted by Gasteiger charge is -2.37. The van der Waals surface area contributed by atoms with Crippen molar-refractivity contribution in [3.05, 3.63) is 35.6 Å². The molecule has 2 heteroatoms. The van der Waals surface area contributed by atoms with Gasteiger partial charge in [0.1, 0.15) is 5.82 Å². The summed E-state index contributed by atoms with van der Waals surface area (Å²) in [7, 11) is 0. The topological polar surface area (TPSA) is 12.0 Å². The van der Waals surface area contributed by atoms with Gasteiger partial charge in [-0.3, -0.25) is 0 Å². The van der Waals surface area contributed by atoms with E-state index in [4.69, 9.17) is 0 Å². The van der Waals surface area contributed by atoms with Crippen LogP contribution in [0.4, 0.5) is 4.39 Å². The van der Waals surface area contributed by atoms with Crippen molar-refractivity contribution in [2.75, 3.05) is 6.54 Å². The molecule has 100 valence electrons. The number of hydrogen-bond donors (Lipinski definition) is 1. The van der Waals surface area contributed by atoms with Gasteiger partial charge < -0.3 is 5.32 Å². The lowest BCUT2D eigenvalue weighted by molar-refractivity contribution is 0.264. The molecule has 1 unspecified atom stereocenters. The van der Waals surface area contributed by atoms with Gasteiger partial charge in [-0.25, -0.2) is 4.39 Å². The second-order valence-corrected chi connectivity index (χ2v) is 6.05. The Hall–Kier alpha value is -0.890. The zero-order chi connectivity index (χ0) is 13.1.